The molecule has 4 heterocycles. The van der Waals surface area contributed by atoms with Gasteiger partial charge in [0.25, 0.3) is 5.56 Å². The number of rotatable bonds is 4. The van der Waals surface area contributed by atoms with E-state index in [0.29, 0.717) is 35.8 Å². The predicted molar refractivity (Wildman–Crippen MR) is 103 cm³/mol. The third kappa shape index (κ3) is 3.15. The Morgan fingerprint density at radius 2 is 2.10 bits per heavy atom. The summed E-state index contributed by atoms with van der Waals surface area (Å²) in [4.78, 5) is 17.1. The Balaban J connectivity index is 1.31. The van der Waals surface area contributed by atoms with Crippen molar-refractivity contribution in [1.29, 1.82) is 5.26 Å². The van der Waals surface area contributed by atoms with E-state index in [1.165, 1.54) is 15.5 Å². The van der Waals surface area contributed by atoms with Crippen LogP contribution in [0.25, 0.3) is 5.52 Å². The molecule has 30 heavy (non-hydrogen) atoms. The topological polar surface area (TPSA) is 124 Å². The average Bonchev–Trinajstić information content (AvgIpc) is 3.50. The first kappa shape index (κ1) is 18.2. The zero-order valence-corrected chi connectivity index (χ0v) is 16.1. The van der Waals surface area contributed by atoms with Crippen LogP contribution in [0.15, 0.2) is 46.1 Å². The van der Waals surface area contributed by atoms with Crippen LogP contribution in [0.3, 0.4) is 0 Å². The standard InChI is InChI=1S/C20H17N7O3/c1-12-8-22-27-18(12)20(28)26(11-23-27)9-17-24-19(25-30-17)15-6-16(29-10-15)14-4-2-13(7-21)3-5-14/h2-5,8,11,15-16H,6,9-10H2,1H3/t15-,16+/m0/s1. The Bertz CT molecular complexity index is 1310. The zero-order valence-electron chi connectivity index (χ0n) is 16.1. The lowest BCUT2D eigenvalue weighted by molar-refractivity contribution is 0.110. The van der Waals surface area contributed by atoms with Crippen molar-refractivity contribution < 1.29 is 9.26 Å². The van der Waals surface area contributed by atoms with Gasteiger partial charge in [0.1, 0.15) is 12.9 Å². The fourth-order valence-corrected chi connectivity index (χ4v) is 3.63. The summed E-state index contributed by atoms with van der Waals surface area (Å²) in [5.74, 6) is 0.888. The van der Waals surface area contributed by atoms with E-state index in [1.807, 2.05) is 19.1 Å². The van der Waals surface area contributed by atoms with E-state index in [-0.39, 0.29) is 24.1 Å². The molecule has 1 aromatic carbocycles. The highest BCUT2D eigenvalue weighted by Gasteiger charge is 2.31. The maximum Gasteiger partial charge on any atom is 0.280 e. The Morgan fingerprint density at radius 3 is 2.90 bits per heavy atom. The van der Waals surface area contributed by atoms with Crippen LogP contribution in [-0.2, 0) is 11.3 Å². The molecule has 10 heteroatoms. The van der Waals surface area contributed by atoms with Gasteiger partial charge in [-0.25, -0.2) is 0 Å². The third-order valence-electron chi connectivity index (χ3n) is 5.26. The highest BCUT2D eigenvalue weighted by Crippen LogP contribution is 2.37. The van der Waals surface area contributed by atoms with E-state index < -0.39 is 0 Å². The van der Waals surface area contributed by atoms with Gasteiger partial charge in [0, 0.05) is 11.5 Å². The van der Waals surface area contributed by atoms with Gasteiger partial charge in [-0.2, -0.15) is 15.3 Å². The van der Waals surface area contributed by atoms with Crippen LogP contribution < -0.4 is 5.56 Å². The molecule has 1 saturated heterocycles. The molecule has 4 aromatic rings. The normalized spacial score (nSPS) is 18.7. The molecule has 0 amide bonds. The van der Waals surface area contributed by atoms with E-state index in [9.17, 15) is 4.79 Å². The molecule has 0 saturated carbocycles. The molecule has 0 bridgehead atoms. The summed E-state index contributed by atoms with van der Waals surface area (Å²) in [5.41, 5.74) is 2.59. The zero-order chi connectivity index (χ0) is 20.7. The minimum Gasteiger partial charge on any atom is -0.373 e. The molecule has 3 aromatic heterocycles. The number of nitrogens with zero attached hydrogens (tertiary/aromatic N) is 7. The van der Waals surface area contributed by atoms with Crippen LogP contribution >= 0.6 is 0 Å². The Labute approximate surface area is 170 Å². The van der Waals surface area contributed by atoms with Gasteiger partial charge in [-0.05, 0) is 31.0 Å². The lowest BCUT2D eigenvalue weighted by Gasteiger charge is -2.09. The SMILES string of the molecule is Cc1cnn2ncn(Cc3nc([C@@H]4CO[C@@H](c5ccc(C#N)cc5)C4)no3)c(=O)c12. The summed E-state index contributed by atoms with van der Waals surface area (Å²) in [7, 11) is 0. The van der Waals surface area contributed by atoms with Crippen LogP contribution in [0.5, 0.6) is 0 Å². The van der Waals surface area contributed by atoms with Crippen molar-refractivity contribution in [2.24, 2.45) is 0 Å². The number of ether oxygens (including phenoxy) is 1. The molecule has 10 nitrogen and oxygen atoms in total. The second-order valence-corrected chi connectivity index (χ2v) is 7.26. The Kier molecular flexibility index (Phi) is 4.37. The minimum atomic E-state index is -0.218. The summed E-state index contributed by atoms with van der Waals surface area (Å²) in [6.07, 6.45) is 3.64. The van der Waals surface area contributed by atoms with E-state index in [4.69, 9.17) is 14.5 Å². The molecule has 1 aliphatic heterocycles. The molecule has 5 rings (SSSR count). The molecule has 0 aliphatic carbocycles. The highest BCUT2D eigenvalue weighted by atomic mass is 16.5. The molecule has 0 radical (unpaired) electrons. The first-order valence-corrected chi connectivity index (χ1v) is 9.46. The van der Waals surface area contributed by atoms with Crippen LogP contribution in [0.4, 0.5) is 0 Å². The maximum atomic E-state index is 12.7. The van der Waals surface area contributed by atoms with Gasteiger partial charge in [0.2, 0.25) is 5.89 Å². The van der Waals surface area contributed by atoms with Crippen molar-refractivity contribution >= 4 is 5.52 Å². The van der Waals surface area contributed by atoms with Gasteiger partial charge >= 0.3 is 0 Å². The number of aromatic nitrogens is 6. The van der Waals surface area contributed by atoms with Crippen LogP contribution in [0.2, 0.25) is 0 Å². The second kappa shape index (κ2) is 7.20. The summed E-state index contributed by atoms with van der Waals surface area (Å²) >= 11 is 0. The molecular formula is C20H17N7O3. The van der Waals surface area contributed by atoms with Gasteiger partial charge in [-0.3, -0.25) is 9.36 Å². The number of nitriles is 1. The monoisotopic (exact) mass is 403 g/mol. The average molecular weight is 403 g/mol. The van der Waals surface area contributed by atoms with Crippen LogP contribution in [0, 0.1) is 18.3 Å². The van der Waals surface area contributed by atoms with Crippen LogP contribution in [-0.4, -0.2) is 36.1 Å². The number of aryl methyl sites for hydroxylation is 1. The summed E-state index contributed by atoms with van der Waals surface area (Å²) in [6, 6.07) is 9.48. The molecular weight excluding hydrogens is 386 g/mol. The third-order valence-corrected chi connectivity index (χ3v) is 5.26. The molecule has 2 atom stereocenters. The van der Waals surface area contributed by atoms with E-state index in [0.717, 1.165) is 11.1 Å². The van der Waals surface area contributed by atoms with Crippen molar-refractivity contribution in [3.63, 3.8) is 0 Å². The predicted octanol–water partition coefficient (Wildman–Crippen LogP) is 1.75. The van der Waals surface area contributed by atoms with Crippen molar-refractivity contribution in [2.75, 3.05) is 6.61 Å². The number of benzene rings is 1. The van der Waals surface area contributed by atoms with Crippen molar-refractivity contribution in [3.05, 3.63) is 75.5 Å². The summed E-state index contributed by atoms with van der Waals surface area (Å²) in [6.45, 7) is 2.42. The fourth-order valence-electron chi connectivity index (χ4n) is 3.63. The van der Waals surface area contributed by atoms with Gasteiger partial charge in [-0.15, -0.1) is 9.73 Å². The van der Waals surface area contributed by atoms with Gasteiger partial charge in [0.15, 0.2) is 11.3 Å². The van der Waals surface area contributed by atoms with Gasteiger partial charge in [0.05, 0.1) is 30.5 Å². The summed E-state index contributed by atoms with van der Waals surface area (Å²) < 4.78 is 14.0. The van der Waals surface area contributed by atoms with Crippen LogP contribution in [0.1, 0.15) is 46.8 Å². The van der Waals surface area contributed by atoms with Gasteiger partial charge < -0.3 is 9.26 Å². The highest BCUT2D eigenvalue weighted by molar-refractivity contribution is 5.49. The molecule has 150 valence electrons. The number of hydrogen-bond acceptors (Lipinski definition) is 8. The minimum absolute atomic E-state index is 0.00227. The maximum absolute atomic E-state index is 12.7. The molecule has 1 fully saturated rings. The first-order valence-electron chi connectivity index (χ1n) is 9.46. The lowest BCUT2D eigenvalue weighted by atomic mass is 9.99. The van der Waals surface area contributed by atoms with E-state index >= 15 is 0 Å². The van der Waals surface area contributed by atoms with E-state index in [2.05, 4.69) is 26.4 Å². The quantitative estimate of drug-likeness (QED) is 0.505. The smallest absolute Gasteiger partial charge is 0.280 e. The first-order chi connectivity index (χ1) is 14.6. The van der Waals surface area contributed by atoms with E-state index in [1.54, 1.807) is 18.3 Å². The lowest BCUT2D eigenvalue weighted by Crippen LogP contribution is -2.24. The van der Waals surface area contributed by atoms with Crippen molar-refractivity contribution in [2.45, 2.75) is 31.9 Å². The Morgan fingerprint density at radius 1 is 1.27 bits per heavy atom. The van der Waals surface area contributed by atoms with Crippen molar-refractivity contribution in [1.82, 2.24) is 29.5 Å². The molecule has 0 unspecified atom stereocenters. The molecule has 0 N–H and O–H groups in total. The van der Waals surface area contributed by atoms with Crippen molar-refractivity contribution in [3.8, 4) is 6.07 Å². The Hall–Kier alpha value is -3.84. The fraction of sp³-hybridized carbons (Fsp3) is 0.300. The number of fused-ring (bicyclic) bond motifs is 1. The van der Waals surface area contributed by atoms with Gasteiger partial charge in [-0.1, -0.05) is 17.3 Å². The molecule has 0 spiro atoms. The second-order valence-electron chi connectivity index (χ2n) is 7.26. The molecule has 1 aliphatic rings. The summed E-state index contributed by atoms with van der Waals surface area (Å²) in [5, 5.41) is 21.2. The number of hydrogen-bond donors (Lipinski definition) is 0. The largest absolute Gasteiger partial charge is 0.373 e.